The van der Waals surface area contributed by atoms with Gasteiger partial charge in [-0.05, 0) is 42.5 Å². The van der Waals surface area contributed by atoms with E-state index in [1.165, 1.54) is 19.3 Å². The number of rotatable bonds is 5. The van der Waals surface area contributed by atoms with Crippen LogP contribution in [0.1, 0.15) is 47.0 Å². The zero-order valence-corrected chi connectivity index (χ0v) is 17.5. The number of nitrogens with zero attached hydrogens (tertiary/aromatic N) is 1. The average Bonchev–Trinajstić information content (AvgIpc) is 3.18. The van der Waals surface area contributed by atoms with Crippen molar-refractivity contribution in [1.29, 1.82) is 0 Å². The van der Waals surface area contributed by atoms with Gasteiger partial charge in [0.25, 0.3) is 5.91 Å². The van der Waals surface area contributed by atoms with Gasteiger partial charge in [-0.2, -0.15) is 0 Å². The lowest BCUT2D eigenvalue weighted by molar-refractivity contribution is -0.131. The summed E-state index contributed by atoms with van der Waals surface area (Å²) in [4.78, 5) is 28.6. The molecule has 4 rings (SSSR count). The highest BCUT2D eigenvalue weighted by molar-refractivity contribution is 7.10. The van der Waals surface area contributed by atoms with Crippen LogP contribution in [0.5, 0.6) is 0 Å². The van der Waals surface area contributed by atoms with E-state index in [4.69, 9.17) is 5.11 Å². The maximum atomic E-state index is 12.8. The first kappa shape index (κ1) is 20.6. The van der Waals surface area contributed by atoms with Gasteiger partial charge in [-0.3, -0.25) is 4.79 Å². The van der Waals surface area contributed by atoms with E-state index < -0.39 is 11.9 Å². The summed E-state index contributed by atoms with van der Waals surface area (Å²) in [5.41, 5.74) is 3.03. The molecule has 1 heterocycles. The van der Waals surface area contributed by atoms with Crippen LogP contribution in [0.4, 0.5) is 5.69 Å². The highest BCUT2D eigenvalue weighted by Crippen LogP contribution is 2.36. The Balaban J connectivity index is 1.50. The Morgan fingerprint density at radius 1 is 1.10 bits per heavy atom. The summed E-state index contributed by atoms with van der Waals surface area (Å²) in [6.45, 7) is 0. The SMILES string of the molecule is O=C(O)/C=C(\C(=O)Nc1cccc(C#Cc2nc(C3CCC3)cs2)c1)c1ccccc1. The molecule has 0 unspecified atom stereocenters. The van der Waals surface area contributed by atoms with Crippen LogP contribution in [0.25, 0.3) is 5.57 Å². The maximum absolute atomic E-state index is 12.8. The van der Waals surface area contributed by atoms with Crippen LogP contribution in [0.2, 0.25) is 0 Å². The molecule has 154 valence electrons. The predicted octanol–water partition coefficient (Wildman–Crippen LogP) is 4.92. The number of amides is 1. The number of anilines is 1. The number of carboxylic acid groups (broad SMARTS) is 1. The highest BCUT2D eigenvalue weighted by Gasteiger charge is 2.21. The van der Waals surface area contributed by atoms with Crippen molar-refractivity contribution in [1.82, 2.24) is 4.98 Å². The first-order chi connectivity index (χ1) is 15.1. The van der Waals surface area contributed by atoms with E-state index in [1.807, 2.05) is 6.07 Å². The van der Waals surface area contributed by atoms with Crippen molar-refractivity contribution >= 4 is 34.5 Å². The van der Waals surface area contributed by atoms with E-state index in [0.717, 1.165) is 22.3 Å². The molecule has 0 atom stereocenters. The van der Waals surface area contributed by atoms with Gasteiger partial charge in [-0.15, -0.1) is 11.3 Å². The molecule has 0 aliphatic heterocycles. The minimum Gasteiger partial charge on any atom is -0.478 e. The molecule has 31 heavy (non-hydrogen) atoms. The Bertz CT molecular complexity index is 1200. The fourth-order valence-corrected chi connectivity index (χ4v) is 4.00. The molecule has 1 saturated carbocycles. The molecule has 1 aromatic heterocycles. The number of aromatic nitrogens is 1. The second-order valence-corrected chi connectivity index (χ2v) is 8.11. The quantitative estimate of drug-likeness (QED) is 0.447. The molecule has 1 aliphatic rings. The number of benzene rings is 2. The third-order valence-corrected chi connectivity index (χ3v) is 5.85. The van der Waals surface area contributed by atoms with Gasteiger partial charge < -0.3 is 10.4 Å². The van der Waals surface area contributed by atoms with Crippen LogP contribution in [0.15, 0.2) is 66.1 Å². The lowest BCUT2D eigenvalue weighted by atomic mass is 9.83. The minimum absolute atomic E-state index is 0.0795. The van der Waals surface area contributed by atoms with E-state index in [0.29, 0.717) is 17.2 Å². The normalized spacial score (nSPS) is 13.6. The smallest absolute Gasteiger partial charge is 0.329 e. The van der Waals surface area contributed by atoms with Gasteiger partial charge in [-0.1, -0.05) is 48.7 Å². The molecule has 1 fully saturated rings. The molecule has 2 N–H and O–H groups in total. The second kappa shape index (κ2) is 9.41. The van der Waals surface area contributed by atoms with Crippen molar-refractivity contribution in [2.75, 3.05) is 5.32 Å². The van der Waals surface area contributed by atoms with Crippen LogP contribution in [-0.2, 0) is 9.59 Å². The van der Waals surface area contributed by atoms with E-state index in [-0.39, 0.29) is 5.57 Å². The molecule has 0 saturated heterocycles. The first-order valence-corrected chi connectivity index (χ1v) is 10.9. The van der Waals surface area contributed by atoms with Crippen molar-refractivity contribution in [3.8, 4) is 11.8 Å². The predicted molar refractivity (Wildman–Crippen MR) is 122 cm³/mol. The third-order valence-electron chi connectivity index (χ3n) is 5.08. The van der Waals surface area contributed by atoms with Crippen LogP contribution in [0, 0.1) is 11.8 Å². The van der Waals surface area contributed by atoms with Gasteiger partial charge in [0, 0.05) is 28.6 Å². The summed E-state index contributed by atoms with van der Waals surface area (Å²) in [6, 6.07) is 15.9. The van der Waals surface area contributed by atoms with Crippen LogP contribution < -0.4 is 5.32 Å². The Morgan fingerprint density at radius 2 is 1.90 bits per heavy atom. The minimum atomic E-state index is -1.18. The molecule has 1 amide bonds. The largest absolute Gasteiger partial charge is 0.478 e. The van der Waals surface area contributed by atoms with E-state index in [2.05, 4.69) is 27.5 Å². The first-order valence-electron chi connectivity index (χ1n) is 9.97. The molecular weight excluding hydrogens is 408 g/mol. The van der Waals surface area contributed by atoms with E-state index >= 15 is 0 Å². The number of carboxylic acids is 1. The van der Waals surface area contributed by atoms with Gasteiger partial charge >= 0.3 is 5.97 Å². The van der Waals surface area contributed by atoms with Gasteiger partial charge in [0.2, 0.25) is 0 Å². The van der Waals surface area contributed by atoms with Crippen molar-refractivity contribution in [2.45, 2.75) is 25.2 Å². The molecule has 0 radical (unpaired) electrons. The zero-order valence-electron chi connectivity index (χ0n) is 16.7. The molecule has 0 spiro atoms. The second-order valence-electron chi connectivity index (χ2n) is 7.25. The van der Waals surface area contributed by atoms with E-state index in [9.17, 15) is 9.59 Å². The summed E-state index contributed by atoms with van der Waals surface area (Å²) < 4.78 is 0. The molecule has 6 heteroatoms. The number of nitrogens with one attached hydrogen (secondary N) is 1. The lowest BCUT2D eigenvalue weighted by Crippen LogP contribution is -2.15. The number of thiazole rings is 1. The molecule has 5 nitrogen and oxygen atoms in total. The summed E-state index contributed by atoms with van der Waals surface area (Å²) in [5, 5.41) is 14.8. The Labute approximate surface area is 184 Å². The van der Waals surface area contributed by atoms with E-state index in [1.54, 1.807) is 59.9 Å². The van der Waals surface area contributed by atoms with Gasteiger partial charge in [0.05, 0.1) is 11.3 Å². The van der Waals surface area contributed by atoms with Crippen LogP contribution >= 0.6 is 11.3 Å². The number of hydrogen-bond acceptors (Lipinski definition) is 4. The third kappa shape index (κ3) is 5.27. The zero-order chi connectivity index (χ0) is 21.6. The Kier molecular flexibility index (Phi) is 6.25. The van der Waals surface area contributed by atoms with Gasteiger partial charge in [0.15, 0.2) is 5.01 Å². The molecule has 1 aliphatic carbocycles. The number of aliphatic carboxylic acids is 1. The van der Waals surface area contributed by atoms with Crippen molar-refractivity contribution in [2.24, 2.45) is 0 Å². The number of hydrogen-bond donors (Lipinski definition) is 2. The summed E-state index contributed by atoms with van der Waals surface area (Å²) in [7, 11) is 0. The molecular formula is C25H20N2O3S. The fourth-order valence-electron chi connectivity index (χ4n) is 3.26. The van der Waals surface area contributed by atoms with Gasteiger partial charge in [-0.25, -0.2) is 9.78 Å². The number of carbonyl (C=O) groups excluding carboxylic acids is 1. The van der Waals surface area contributed by atoms with Gasteiger partial charge in [0.1, 0.15) is 0 Å². The van der Waals surface area contributed by atoms with Crippen LogP contribution in [-0.4, -0.2) is 22.0 Å². The van der Waals surface area contributed by atoms with Crippen molar-refractivity contribution in [3.63, 3.8) is 0 Å². The Morgan fingerprint density at radius 3 is 2.61 bits per heavy atom. The van der Waals surface area contributed by atoms with Crippen molar-refractivity contribution in [3.05, 3.63) is 87.9 Å². The fraction of sp³-hybridized carbons (Fsp3) is 0.160. The summed E-state index contributed by atoms with van der Waals surface area (Å²) in [5.74, 6) is 5.10. The highest BCUT2D eigenvalue weighted by atomic mass is 32.1. The Hall–Kier alpha value is -3.69. The molecule has 0 bridgehead atoms. The molecule has 2 aromatic carbocycles. The average molecular weight is 429 g/mol. The molecule has 3 aromatic rings. The lowest BCUT2D eigenvalue weighted by Gasteiger charge is -2.22. The van der Waals surface area contributed by atoms with Crippen LogP contribution in [0.3, 0.4) is 0 Å². The topological polar surface area (TPSA) is 79.3 Å². The summed E-state index contributed by atoms with van der Waals surface area (Å²) in [6.07, 6.45) is 4.60. The monoisotopic (exact) mass is 428 g/mol. The maximum Gasteiger partial charge on any atom is 0.329 e. The standard InChI is InChI=1S/C25H20N2O3S/c28-24(29)15-21(18-7-2-1-3-8-18)25(30)26-20-11-4-6-17(14-20)12-13-23-27-22(16-31-23)19-9-5-10-19/h1-4,6-8,11,14-16,19H,5,9-10H2,(H,26,30)(H,28,29)/b21-15-. The summed E-state index contributed by atoms with van der Waals surface area (Å²) >= 11 is 1.55. The number of carbonyl (C=O) groups is 2. The van der Waals surface area contributed by atoms with Crippen molar-refractivity contribution < 1.29 is 14.7 Å².